The van der Waals surface area contributed by atoms with Crippen LogP contribution in [0.3, 0.4) is 0 Å². The minimum atomic E-state index is -0.564. The largest absolute Gasteiger partial charge is 0.322 e. The standard InChI is InChI=1S/C20H12ClFN2OS/c21-15-10-9-12(23-19(25)13-5-1-2-6-16(13)22)11-14(15)20-24-17-7-3-4-8-18(17)26-20/h1-11H,(H,23,25). The van der Waals surface area contributed by atoms with E-state index in [1.165, 1.54) is 23.5 Å². The average molecular weight is 383 g/mol. The summed E-state index contributed by atoms with van der Waals surface area (Å²) >= 11 is 7.85. The molecule has 4 aromatic rings. The van der Waals surface area contributed by atoms with Crippen LogP contribution in [0.1, 0.15) is 10.4 Å². The molecule has 4 rings (SSSR count). The Kier molecular flexibility index (Phi) is 4.41. The minimum Gasteiger partial charge on any atom is -0.322 e. The van der Waals surface area contributed by atoms with Gasteiger partial charge in [0.25, 0.3) is 5.91 Å². The van der Waals surface area contributed by atoms with E-state index < -0.39 is 11.7 Å². The Morgan fingerprint density at radius 3 is 2.62 bits per heavy atom. The fourth-order valence-electron chi connectivity index (χ4n) is 2.60. The third kappa shape index (κ3) is 3.19. The number of hydrogen-bond donors (Lipinski definition) is 1. The van der Waals surface area contributed by atoms with E-state index in [4.69, 9.17) is 11.6 Å². The maximum absolute atomic E-state index is 13.8. The van der Waals surface area contributed by atoms with Gasteiger partial charge in [0.05, 0.1) is 20.8 Å². The summed E-state index contributed by atoms with van der Waals surface area (Å²) in [6.07, 6.45) is 0. The number of nitrogens with zero attached hydrogens (tertiary/aromatic N) is 1. The molecule has 0 radical (unpaired) electrons. The fourth-order valence-corrected chi connectivity index (χ4v) is 3.86. The fraction of sp³-hybridized carbons (Fsp3) is 0. The molecular formula is C20H12ClFN2OS. The normalized spacial score (nSPS) is 10.8. The van der Waals surface area contributed by atoms with Crippen molar-refractivity contribution in [3.8, 4) is 10.6 Å². The Bertz CT molecular complexity index is 1090. The van der Waals surface area contributed by atoms with Crippen LogP contribution in [-0.2, 0) is 0 Å². The van der Waals surface area contributed by atoms with Gasteiger partial charge >= 0.3 is 0 Å². The van der Waals surface area contributed by atoms with Gasteiger partial charge in [-0.2, -0.15) is 0 Å². The Morgan fingerprint density at radius 1 is 1.04 bits per heavy atom. The molecule has 0 saturated carbocycles. The predicted octanol–water partition coefficient (Wildman–Crippen LogP) is 6.01. The lowest BCUT2D eigenvalue weighted by atomic mass is 10.1. The molecular weight excluding hydrogens is 371 g/mol. The number of fused-ring (bicyclic) bond motifs is 1. The number of para-hydroxylation sites is 1. The highest BCUT2D eigenvalue weighted by Gasteiger charge is 2.14. The predicted molar refractivity (Wildman–Crippen MR) is 104 cm³/mol. The van der Waals surface area contributed by atoms with Crippen LogP contribution in [-0.4, -0.2) is 10.9 Å². The first-order chi connectivity index (χ1) is 12.6. The summed E-state index contributed by atoms with van der Waals surface area (Å²) in [5.41, 5.74) is 2.13. The third-order valence-corrected chi connectivity index (χ3v) is 5.27. The van der Waals surface area contributed by atoms with Crippen molar-refractivity contribution < 1.29 is 9.18 Å². The van der Waals surface area contributed by atoms with Crippen LogP contribution in [0.25, 0.3) is 20.8 Å². The van der Waals surface area contributed by atoms with Gasteiger partial charge in [-0.1, -0.05) is 35.9 Å². The van der Waals surface area contributed by atoms with Crippen molar-refractivity contribution in [3.05, 3.63) is 83.1 Å². The zero-order valence-corrected chi connectivity index (χ0v) is 14.9. The summed E-state index contributed by atoms with van der Waals surface area (Å²) in [4.78, 5) is 16.9. The number of halogens is 2. The van der Waals surface area contributed by atoms with Gasteiger partial charge in [-0.15, -0.1) is 11.3 Å². The Hall–Kier alpha value is -2.76. The van der Waals surface area contributed by atoms with E-state index in [0.717, 1.165) is 20.8 Å². The number of thiazole rings is 1. The van der Waals surface area contributed by atoms with E-state index in [2.05, 4.69) is 10.3 Å². The van der Waals surface area contributed by atoms with Gasteiger partial charge in [-0.3, -0.25) is 4.79 Å². The van der Waals surface area contributed by atoms with Crippen LogP contribution in [0, 0.1) is 5.82 Å². The molecule has 0 aliphatic rings. The van der Waals surface area contributed by atoms with Gasteiger partial charge < -0.3 is 5.32 Å². The first-order valence-corrected chi connectivity index (χ1v) is 9.02. The lowest BCUT2D eigenvalue weighted by Crippen LogP contribution is -2.13. The first kappa shape index (κ1) is 16.7. The first-order valence-electron chi connectivity index (χ1n) is 7.83. The van der Waals surface area contributed by atoms with E-state index in [-0.39, 0.29) is 5.56 Å². The summed E-state index contributed by atoms with van der Waals surface area (Å²) < 4.78 is 14.8. The van der Waals surface area contributed by atoms with Crippen LogP contribution in [0.4, 0.5) is 10.1 Å². The molecule has 1 amide bonds. The van der Waals surface area contributed by atoms with Crippen molar-refractivity contribution in [2.75, 3.05) is 5.32 Å². The number of benzene rings is 3. The topological polar surface area (TPSA) is 42.0 Å². The molecule has 0 aliphatic carbocycles. The molecule has 1 N–H and O–H groups in total. The highest BCUT2D eigenvalue weighted by molar-refractivity contribution is 7.21. The third-order valence-electron chi connectivity index (χ3n) is 3.87. The number of nitrogens with one attached hydrogen (secondary N) is 1. The number of carbonyl (C=O) groups excluding carboxylic acids is 1. The SMILES string of the molecule is O=C(Nc1ccc(Cl)c(-c2nc3ccccc3s2)c1)c1ccccc1F. The Morgan fingerprint density at radius 2 is 1.81 bits per heavy atom. The minimum absolute atomic E-state index is 0.0102. The van der Waals surface area contributed by atoms with E-state index >= 15 is 0 Å². The second-order valence-corrected chi connectivity index (χ2v) is 7.05. The van der Waals surface area contributed by atoms with Crippen LogP contribution in [0.5, 0.6) is 0 Å². The van der Waals surface area contributed by atoms with Crippen molar-refractivity contribution >= 4 is 44.7 Å². The molecule has 26 heavy (non-hydrogen) atoms. The summed E-state index contributed by atoms with van der Waals surface area (Å²) in [5.74, 6) is -1.08. The molecule has 1 aromatic heterocycles. The van der Waals surface area contributed by atoms with E-state index in [1.54, 1.807) is 30.3 Å². The highest BCUT2D eigenvalue weighted by Crippen LogP contribution is 2.36. The van der Waals surface area contributed by atoms with Crippen LogP contribution < -0.4 is 5.32 Å². The van der Waals surface area contributed by atoms with Gasteiger partial charge in [0.15, 0.2) is 0 Å². The lowest BCUT2D eigenvalue weighted by molar-refractivity contribution is 0.102. The van der Waals surface area contributed by atoms with Gasteiger partial charge in [0.2, 0.25) is 0 Å². The van der Waals surface area contributed by atoms with Crippen molar-refractivity contribution in [2.45, 2.75) is 0 Å². The van der Waals surface area contributed by atoms with E-state index in [9.17, 15) is 9.18 Å². The molecule has 3 aromatic carbocycles. The molecule has 1 heterocycles. The maximum Gasteiger partial charge on any atom is 0.258 e. The van der Waals surface area contributed by atoms with Crippen LogP contribution in [0.2, 0.25) is 5.02 Å². The smallest absolute Gasteiger partial charge is 0.258 e. The molecule has 0 saturated heterocycles. The number of anilines is 1. The number of rotatable bonds is 3. The van der Waals surface area contributed by atoms with Gasteiger partial charge in [-0.05, 0) is 42.5 Å². The Labute approximate surface area is 158 Å². The molecule has 0 aliphatic heterocycles. The lowest BCUT2D eigenvalue weighted by Gasteiger charge is -2.08. The zero-order valence-electron chi connectivity index (χ0n) is 13.4. The van der Waals surface area contributed by atoms with Crippen molar-refractivity contribution in [1.29, 1.82) is 0 Å². The molecule has 6 heteroatoms. The number of carbonyl (C=O) groups is 1. The molecule has 0 unspecified atom stereocenters. The molecule has 3 nitrogen and oxygen atoms in total. The summed E-state index contributed by atoms with van der Waals surface area (Å²) in [6, 6.07) is 18.8. The monoisotopic (exact) mass is 382 g/mol. The summed E-state index contributed by atoms with van der Waals surface area (Å²) in [6.45, 7) is 0. The number of hydrogen-bond acceptors (Lipinski definition) is 3. The van der Waals surface area contributed by atoms with Crippen molar-refractivity contribution in [2.24, 2.45) is 0 Å². The van der Waals surface area contributed by atoms with Crippen molar-refractivity contribution in [3.63, 3.8) is 0 Å². The second kappa shape index (κ2) is 6.86. The Balaban J connectivity index is 1.68. The average Bonchev–Trinajstić information content (AvgIpc) is 3.07. The van der Waals surface area contributed by atoms with Gasteiger partial charge in [0.1, 0.15) is 10.8 Å². The highest BCUT2D eigenvalue weighted by atomic mass is 35.5. The molecule has 128 valence electrons. The van der Waals surface area contributed by atoms with Gasteiger partial charge in [0, 0.05) is 11.3 Å². The molecule has 0 spiro atoms. The maximum atomic E-state index is 13.8. The van der Waals surface area contributed by atoms with Crippen LogP contribution in [0.15, 0.2) is 66.7 Å². The summed E-state index contributed by atoms with van der Waals surface area (Å²) in [5, 5.41) is 4.01. The molecule has 0 atom stereocenters. The van der Waals surface area contributed by atoms with E-state index in [1.807, 2.05) is 24.3 Å². The summed E-state index contributed by atoms with van der Waals surface area (Å²) in [7, 11) is 0. The van der Waals surface area contributed by atoms with Gasteiger partial charge in [-0.25, -0.2) is 9.37 Å². The number of aromatic nitrogens is 1. The molecule has 0 bridgehead atoms. The quantitative estimate of drug-likeness (QED) is 0.471. The molecule has 0 fully saturated rings. The van der Waals surface area contributed by atoms with Crippen LogP contribution >= 0.6 is 22.9 Å². The number of amides is 1. The van der Waals surface area contributed by atoms with E-state index in [0.29, 0.717) is 10.7 Å². The zero-order chi connectivity index (χ0) is 18.1. The second-order valence-electron chi connectivity index (χ2n) is 5.62. The van der Waals surface area contributed by atoms with Crippen molar-refractivity contribution in [1.82, 2.24) is 4.98 Å².